The predicted octanol–water partition coefficient (Wildman–Crippen LogP) is 2.71. The average Bonchev–Trinajstić information content (AvgIpc) is 3.11. The number of halogens is 2. The van der Waals surface area contributed by atoms with Gasteiger partial charge in [-0.2, -0.15) is 5.10 Å². The molecule has 7 nitrogen and oxygen atoms in total. The van der Waals surface area contributed by atoms with Gasteiger partial charge in [0, 0.05) is 5.38 Å². The molecule has 3 aromatic rings. The third-order valence-corrected chi connectivity index (χ3v) is 4.59. The van der Waals surface area contributed by atoms with E-state index in [2.05, 4.69) is 15.4 Å². The molecule has 1 aromatic carbocycles. The van der Waals surface area contributed by atoms with Gasteiger partial charge in [-0.1, -0.05) is 11.6 Å². The molecule has 134 valence electrons. The van der Waals surface area contributed by atoms with E-state index in [4.69, 9.17) is 17.3 Å². The third-order valence-electron chi connectivity index (χ3n) is 3.43. The standard InChI is InChI=1S/C16H13ClFN5O2S/c1-8-13(14(17)23(22-8)11-4-2-9(18)3-5-11)15(25)21-16-20-10(7-26-16)6-12(19)24/h2-5,7H,6H2,1H3,(H2,19,24)(H,20,21,25). The molecule has 0 bridgehead atoms. The van der Waals surface area contributed by atoms with Crippen molar-refractivity contribution in [2.45, 2.75) is 13.3 Å². The first-order chi connectivity index (χ1) is 12.3. The second kappa shape index (κ2) is 7.22. The highest BCUT2D eigenvalue weighted by molar-refractivity contribution is 7.14. The zero-order valence-corrected chi connectivity index (χ0v) is 15.1. The predicted molar refractivity (Wildman–Crippen MR) is 96.2 cm³/mol. The van der Waals surface area contributed by atoms with E-state index < -0.39 is 11.8 Å². The number of carbonyl (C=O) groups excluding carboxylic acids is 2. The maximum absolute atomic E-state index is 13.1. The zero-order valence-electron chi connectivity index (χ0n) is 13.5. The Morgan fingerprint density at radius 1 is 1.35 bits per heavy atom. The van der Waals surface area contributed by atoms with Crippen molar-refractivity contribution in [2.24, 2.45) is 5.73 Å². The van der Waals surface area contributed by atoms with E-state index in [1.807, 2.05) is 0 Å². The van der Waals surface area contributed by atoms with Crippen molar-refractivity contribution in [3.05, 3.63) is 57.6 Å². The van der Waals surface area contributed by atoms with Crippen molar-refractivity contribution < 1.29 is 14.0 Å². The minimum Gasteiger partial charge on any atom is -0.369 e. The van der Waals surface area contributed by atoms with E-state index in [0.29, 0.717) is 22.2 Å². The Morgan fingerprint density at radius 3 is 2.69 bits per heavy atom. The normalized spacial score (nSPS) is 10.7. The van der Waals surface area contributed by atoms with Crippen LogP contribution in [0.1, 0.15) is 21.7 Å². The average molecular weight is 394 g/mol. The fourth-order valence-electron chi connectivity index (χ4n) is 2.29. The lowest BCUT2D eigenvalue weighted by Gasteiger charge is -2.04. The summed E-state index contributed by atoms with van der Waals surface area (Å²) in [6.45, 7) is 1.64. The number of benzene rings is 1. The number of hydrogen-bond donors (Lipinski definition) is 2. The van der Waals surface area contributed by atoms with Gasteiger partial charge in [-0.05, 0) is 31.2 Å². The van der Waals surface area contributed by atoms with E-state index in [0.717, 1.165) is 0 Å². The number of carbonyl (C=O) groups is 2. The smallest absolute Gasteiger partial charge is 0.262 e. The van der Waals surface area contributed by atoms with Gasteiger partial charge in [-0.15, -0.1) is 11.3 Å². The molecule has 26 heavy (non-hydrogen) atoms. The molecule has 0 spiro atoms. The number of aromatic nitrogens is 3. The fourth-order valence-corrected chi connectivity index (χ4v) is 3.36. The molecule has 3 rings (SSSR count). The molecule has 0 saturated heterocycles. The topological polar surface area (TPSA) is 103 Å². The van der Waals surface area contributed by atoms with Gasteiger partial charge in [-0.25, -0.2) is 14.1 Å². The maximum atomic E-state index is 13.1. The Morgan fingerprint density at radius 2 is 2.04 bits per heavy atom. The number of amides is 2. The highest BCUT2D eigenvalue weighted by Gasteiger charge is 2.22. The molecule has 2 heterocycles. The molecule has 0 aliphatic carbocycles. The Bertz CT molecular complexity index is 983. The molecule has 0 fully saturated rings. The van der Waals surface area contributed by atoms with Crippen molar-refractivity contribution >= 4 is 39.9 Å². The number of rotatable bonds is 5. The van der Waals surface area contributed by atoms with E-state index in [-0.39, 0.29) is 23.0 Å². The number of primary amides is 1. The molecule has 0 unspecified atom stereocenters. The summed E-state index contributed by atoms with van der Waals surface area (Å²) in [4.78, 5) is 27.6. The van der Waals surface area contributed by atoms with Crippen molar-refractivity contribution in [3.63, 3.8) is 0 Å². The summed E-state index contributed by atoms with van der Waals surface area (Å²) in [6, 6.07) is 5.56. The lowest BCUT2D eigenvalue weighted by Crippen LogP contribution is -2.15. The Labute approximate surface area is 156 Å². The van der Waals surface area contributed by atoms with Gasteiger partial charge in [0.15, 0.2) is 5.13 Å². The van der Waals surface area contributed by atoms with Gasteiger partial charge in [0.05, 0.1) is 23.5 Å². The molecular weight excluding hydrogens is 381 g/mol. The zero-order chi connectivity index (χ0) is 18.8. The SMILES string of the molecule is Cc1nn(-c2ccc(F)cc2)c(Cl)c1C(=O)Nc1nc(CC(N)=O)cs1. The summed E-state index contributed by atoms with van der Waals surface area (Å²) in [6.07, 6.45) is -0.00530. The van der Waals surface area contributed by atoms with E-state index in [1.165, 1.54) is 40.3 Å². The van der Waals surface area contributed by atoms with Gasteiger partial charge >= 0.3 is 0 Å². The lowest BCUT2D eigenvalue weighted by molar-refractivity contribution is -0.117. The minimum absolute atomic E-state index is 0.00530. The van der Waals surface area contributed by atoms with Gasteiger partial charge in [0.2, 0.25) is 5.91 Å². The highest BCUT2D eigenvalue weighted by Crippen LogP contribution is 2.25. The summed E-state index contributed by atoms with van der Waals surface area (Å²) in [7, 11) is 0. The molecule has 0 radical (unpaired) electrons. The van der Waals surface area contributed by atoms with Crippen molar-refractivity contribution in [1.82, 2.24) is 14.8 Å². The number of anilines is 1. The first kappa shape index (κ1) is 18.0. The first-order valence-corrected chi connectivity index (χ1v) is 8.66. The van der Waals surface area contributed by atoms with Gasteiger partial charge in [-0.3, -0.25) is 14.9 Å². The second-order valence-electron chi connectivity index (χ2n) is 5.38. The van der Waals surface area contributed by atoms with E-state index in [9.17, 15) is 14.0 Å². The van der Waals surface area contributed by atoms with Crippen molar-refractivity contribution in [1.29, 1.82) is 0 Å². The molecular formula is C16H13ClFN5O2S. The Kier molecular flexibility index (Phi) is 5.01. The number of hydrogen-bond acceptors (Lipinski definition) is 5. The summed E-state index contributed by atoms with van der Waals surface area (Å²) in [5, 5.41) is 8.92. The third kappa shape index (κ3) is 3.73. The van der Waals surface area contributed by atoms with Crippen LogP contribution in [0.5, 0.6) is 0 Å². The summed E-state index contributed by atoms with van der Waals surface area (Å²) in [5.74, 6) is -1.38. The van der Waals surface area contributed by atoms with Crippen LogP contribution < -0.4 is 11.1 Å². The van der Waals surface area contributed by atoms with Crippen LogP contribution in [-0.4, -0.2) is 26.6 Å². The van der Waals surface area contributed by atoms with Gasteiger partial charge in [0.25, 0.3) is 5.91 Å². The molecule has 0 aliphatic heterocycles. The molecule has 3 N–H and O–H groups in total. The second-order valence-corrected chi connectivity index (χ2v) is 6.60. The monoisotopic (exact) mass is 393 g/mol. The minimum atomic E-state index is -0.507. The van der Waals surface area contributed by atoms with Crippen LogP contribution in [0.3, 0.4) is 0 Å². The molecule has 2 aromatic heterocycles. The number of nitrogens with two attached hydrogens (primary N) is 1. The van der Waals surface area contributed by atoms with Crippen LogP contribution in [0.4, 0.5) is 9.52 Å². The highest BCUT2D eigenvalue weighted by atomic mass is 35.5. The van der Waals surface area contributed by atoms with E-state index >= 15 is 0 Å². The lowest BCUT2D eigenvalue weighted by atomic mass is 10.2. The van der Waals surface area contributed by atoms with Crippen LogP contribution in [0.15, 0.2) is 29.6 Å². The number of nitrogens with one attached hydrogen (secondary N) is 1. The number of thiazole rings is 1. The van der Waals surface area contributed by atoms with Crippen molar-refractivity contribution in [2.75, 3.05) is 5.32 Å². The Balaban J connectivity index is 1.84. The molecule has 0 saturated carbocycles. The molecule has 2 amide bonds. The fraction of sp³-hybridized carbons (Fsp3) is 0.125. The van der Waals surface area contributed by atoms with Crippen LogP contribution in [0.25, 0.3) is 5.69 Å². The van der Waals surface area contributed by atoms with Gasteiger partial charge in [0.1, 0.15) is 16.5 Å². The maximum Gasteiger partial charge on any atom is 0.262 e. The summed E-state index contributed by atoms with van der Waals surface area (Å²) < 4.78 is 14.4. The largest absolute Gasteiger partial charge is 0.369 e. The first-order valence-electron chi connectivity index (χ1n) is 7.40. The van der Waals surface area contributed by atoms with E-state index in [1.54, 1.807) is 12.3 Å². The van der Waals surface area contributed by atoms with Crippen LogP contribution in [0, 0.1) is 12.7 Å². The van der Waals surface area contributed by atoms with Crippen LogP contribution >= 0.6 is 22.9 Å². The number of aryl methyl sites for hydroxylation is 1. The summed E-state index contributed by atoms with van der Waals surface area (Å²) >= 11 is 7.47. The quantitative estimate of drug-likeness (QED) is 0.695. The molecule has 10 heteroatoms. The van der Waals surface area contributed by atoms with Crippen molar-refractivity contribution in [3.8, 4) is 5.69 Å². The number of nitrogens with zero attached hydrogens (tertiary/aromatic N) is 3. The summed E-state index contributed by atoms with van der Waals surface area (Å²) in [5.41, 5.74) is 6.71. The van der Waals surface area contributed by atoms with Crippen LogP contribution in [0.2, 0.25) is 5.15 Å². The Hall–Kier alpha value is -2.78. The molecule has 0 atom stereocenters. The molecule has 0 aliphatic rings. The van der Waals surface area contributed by atoms with Gasteiger partial charge < -0.3 is 5.73 Å². The van der Waals surface area contributed by atoms with Crippen LogP contribution in [-0.2, 0) is 11.2 Å².